The molecule has 0 radical (unpaired) electrons. The summed E-state index contributed by atoms with van der Waals surface area (Å²) < 4.78 is 40.2. The molecule has 3 aromatic carbocycles. The van der Waals surface area contributed by atoms with Crippen molar-refractivity contribution in [3.8, 4) is 0 Å². The van der Waals surface area contributed by atoms with Crippen LogP contribution < -0.4 is 9.62 Å². The van der Waals surface area contributed by atoms with E-state index < -0.39 is 34.3 Å². The maximum Gasteiger partial charge on any atom is 0.244 e. The first kappa shape index (κ1) is 31.4. The summed E-state index contributed by atoms with van der Waals surface area (Å²) in [5, 5.41) is 3.05. The van der Waals surface area contributed by atoms with Gasteiger partial charge in [-0.2, -0.15) is 0 Å². The molecule has 40 heavy (non-hydrogen) atoms. The van der Waals surface area contributed by atoms with Gasteiger partial charge in [-0.1, -0.05) is 78.7 Å². The molecule has 7 nitrogen and oxygen atoms in total. The fourth-order valence-corrected chi connectivity index (χ4v) is 5.36. The number of carbonyl (C=O) groups is 2. The zero-order chi connectivity index (χ0) is 29.4. The van der Waals surface area contributed by atoms with Crippen molar-refractivity contribution in [1.82, 2.24) is 10.2 Å². The highest BCUT2D eigenvalue weighted by molar-refractivity contribution is 7.92. The molecule has 3 rings (SSSR count). The summed E-state index contributed by atoms with van der Waals surface area (Å²) in [5.74, 6) is -1.48. The van der Waals surface area contributed by atoms with Gasteiger partial charge in [0.2, 0.25) is 21.8 Å². The Kier molecular flexibility index (Phi) is 11.0. The van der Waals surface area contributed by atoms with Crippen LogP contribution in [0.3, 0.4) is 0 Å². The second-order valence-corrected chi connectivity index (χ2v) is 12.2. The number of amides is 2. The molecule has 0 fully saturated rings. The molecule has 3 aromatic rings. The molecule has 0 aromatic heterocycles. The molecule has 2 atom stereocenters. The Hall–Kier alpha value is -3.14. The van der Waals surface area contributed by atoms with Crippen LogP contribution in [-0.4, -0.2) is 50.0 Å². The molecular formula is C29H32Cl2FN3O4S. The molecule has 1 N–H and O–H groups in total. The highest BCUT2D eigenvalue weighted by atomic mass is 35.5. The molecular weight excluding hydrogens is 576 g/mol. The first-order valence-corrected chi connectivity index (χ1v) is 15.3. The molecule has 11 heteroatoms. The van der Waals surface area contributed by atoms with Crippen LogP contribution in [-0.2, 0) is 32.6 Å². The van der Waals surface area contributed by atoms with Gasteiger partial charge in [-0.15, -0.1) is 0 Å². The van der Waals surface area contributed by atoms with Gasteiger partial charge in [0.25, 0.3) is 0 Å². The van der Waals surface area contributed by atoms with E-state index in [0.717, 1.165) is 16.1 Å². The summed E-state index contributed by atoms with van der Waals surface area (Å²) in [6.45, 7) is 3.08. The van der Waals surface area contributed by atoms with Crippen LogP contribution in [0.2, 0.25) is 10.0 Å². The number of benzene rings is 3. The molecule has 0 saturated carbocycles. The van der Waals surface area contributed by atoms with Gasteiger partial charge in [0.1, 0.15) is 18.4 Å². The normalized spacial score (nSPS) is 12.8. The summed E-state index contributed by atoms with van der Waals surface area (Å²) in [4.78, 5) is 29.0. The molecule has 0 aliphatic carbocycles. The van der Waals surface area contributed by atoms with E-state index in [1.54, 1.807) is 0 Å². The molecule has 0 aliphatic rings. The van der Waals surface area contributed by atoms with Crippen molar-refractivity contribution in [1.29, 1.82) is 0 Å². The van der Waals surface area contributed by atoms with Gasteiger partial charge < -0.3 is 10.2 Å². The number of nitrogens with zero attached hydrogens (tertiary/aromatic N) is 2. The topological polar surface area (TPSA) is 86.8 Å². The van der Waals surface area contributed by atoms with E-state index in [-0.39, 0.29) is 40.6 Å². The van der Waals surface area contributed by atoms with Crippen molar-refractivity contribution in [3.63, 3.8) is 0 Å². The zero-order valence-corrected chi connectivity index (χ0v) is 24.8. The number of rotatable bonds is 12. The summed E-state index contributed by atoms with van der Waals surface area (Å²) in [5.41, 5.74) is 1.41. The largest absolute Gasteiger partial charge is 0.352 e. The molecule has 0 saturated heterocycles. The van der Waals surface area contributed by atoms with E-state index in [9.17, 15) is 22.4 Å². The SMILES string of the molecule is CC[C@@H](C)NC(=O)[C@@H](Cc1ccccc1)N(Cc1ccc(F)cc1)C(=O)CN(c1cccc(Cl)c1Cl)S(C)(=O)=O. The molecule has 2 amide bonds. The van der Waals surface area contributed by atoms with Crippen LogP contribution in [0.25, 0.3) is 0 Å². The lowest BCUT2D eigenvalue weighted by molar-refractivity contribution is -0.140. The number of hydrogen-bond acceptors (Lipinski definition) is 4. The van der Waals surface area contributed by atoms with Crippen molar-refractivity contribution < 1.29 is 22.4 Å². The standard InChI is InChI=1S/C29H32Cl2FN3O4S/c1-4-20(2)33-29(37)26(17-21-9-6-5-7-10-21)34(18-22-13-15-23(32)16-14-22)27(36)19-35(40(3,38)39)25-12-8-11-24(30)28(25)31/h5-16,20,26H,4,17-19H2,1-3H3,(H,33,37)/t20-,26-/m1/s1. The minimum Gasteiger partial charge on any atom is -0.352 e. The van der Waals surface area contributed by atoms with Crippen LogP contribution in [0, 0.1) is 5.82 Å². The highest BCUT2D eigenvalue weighted by Gasteiger charge is 2.34. The minimum atomic E-state index is -4.00. The second-order valence-electron chi connectivity index (χ2n) is 9.51. The number of carbonyl (C=O) groups excluding carboxylic acids is 2. The third-order valence-corrected chi connectivity index (χ3v) is 8.35. The lowest BCUT2D eigenvalue weighted by Gasteiger charge is -2.34. The number of anilines is 1. The summed E-state index contributed by atoms with van der Waals surface area (Å²) in [7, 11) is -4.00. The number of sulfonamides is 1. The van der Waals surface area contributed by atoms with Gasteiger partial charge in [0.05, 0.1) is 22.0 Å². The van der Waals surface area contributed by atoms with E-state index in [4.69, 9.17) is 23.2 Å². The van der Waals surface area contributed by atoms with Crippen LogP contribution in [0.1, 0.15) is 31.4 Å². The van der Waals surface area contributed by atoms with E-state index in [0.29, 0.717) is 12.0 Å². The first-order valence-electron chi connectivity index (χ1n) is 12.7. The van der Waals surface area contributed by atoms with Crippen molar-refractivity contribution >= 4 is 50.7 Å². The third-order valence-electron chi connectivity index (χ3n) is 6.42. The predicted octanol–water partition coefficient (Wildman–Crippen LogP) is 5.45. The van der Waals surface area contributed by atoms with Crippen LogP contribution in [0.15, 0.2) is 72.8 Å². The van der Waals surface area contributed by atoms with Gasteiger partial charge in [-0.3, -0.25) is 13.9 Å². The van der Waals surface area contributed by atoms with E-state index >= 15 is 0 Å². The first-order chi connectivity index (χ1) is 18.9. The molecule has 0 spiro atoms. The van der Waals surface area contributed by atoms with Gasteiger partial charge >= 0.3 is 0 Å². The smallest absolute Gasteiger partial charge is 0.244 e. The van der Waals surface area contributed by atoms with Gasteiger partial charge in [-0.25, -0.2) is 12.8 Å². The van der Waals surface area contributed by atoms with E-state index in [2.05, 4.69) is 5.32 Å². The average molecular weight is 609 g/mol. The Morgan fingerprint density at radius 2 is 1.60 bits per heavy atom. The fraction of sp³-hybridized carbons (Fsp3) is 0.310. The molecule has 0 bridgehead atoms. The predicted molar refractivity (Wildman–Crippen MR) is 157 cm³/mol. The highest BCUT2D eigenvalue weighted by Crippen LogP contribution is 2.34. The molecule has 0 aliphatic heterocycles. The Morgan fingerprint density at radius 1 is 0.950 bits per heavy atom. The monoisotopic (exact) mass is 607 g/mol. The Morgan fingerprint density at radius 3 is 2.20 bits per heavy atom. The summed E-state index contributed by atoms with van der Waals surface area (Å²) >= 11 is 12.5. The quantitative estimate of drug-likeness (QED) is 0.296. The van der Waals surface area contributed by atoms with Crippen molar-refractivity contribution in [2.24, 2.45) is 0 Å². The van der Waals surface area contributed by atoms with E-state index in [1.807, 2.05) is 44.2 Å². The van der Waals surface area contributed by atoms with Crippen LogP contribution >= 0.6 is 23.2 Å². The summed E-state index contributed by atoms with van der Waals surface area (Å²) in [6, 6.07) is 18.1. The average Bonchev–Trinajstić information content (AvgIpc) is 2.91. The fourth-order valence-electron chi connectivity index (χ4n) is 4.06. The molecule has 0 unspecified atom stereocenters. The van der Waals surface area contributed by atoms with Crippen LogP contribution in [0.4, 0.5) is 10.1 Å². The van der Waals surface area contributed by atoms with Crippen molar-refractivity contribution in [2.45, 2.75) is 45.3 Å². The zero-order valence-electron chi connectivity index (χ0n) is 22.5. The van der Waals surface area contributed by atoms with Crippen LogP contribution in [0.5, 0.6) is 0 Å². The number of halogens is 3. The summed E-state index contributed by atoms with van der Waals surface area (Å²) in [6.07, 6.45) is 1.80. The maximum atomic E-state index is 14.0. The number of nitrogens with one attached hydrogen (secondary N) is 1. The molecule has 214 valence electrons. The lowest BCUT2D eigenvalue weighted by atomic mass is 10.0. The third kappa shape index (κ3) is 8.43. The van der Waals surface area contributed by atoms with Crippen molar-refractivity contribution in [3.05, 3.63) is 99.8 Å². The Bertz CT molecular complexity index is 1420. The Labute approximate surface area is 244 Å². The van der Waals surface area contributed by atoms with Gasteiger partial charge in [0, 0.05) is 19.0 Å². The van der Waals surface area contributed by atoms with Crippen molar-refractivity contribution in [2.75, 3.05) is 17.1 Å². The lowest BCUT2D eigenvalue weighted by Crippen LogP contribution is -2.54. The number of hydrogen-bond donors (Lipinski definition) is 1. The van der Waals surface area contributed by atoms with Gasteiger partial charge in [0.15, 0.2) is 0 Å². The Balaban J connectivity index is 2.08. The molecule has 0 heterocycles. The van der Waals surface area contributed by atoms with Gasteiger partial charge in [-0.05, 0) is 48.7 Å². The maximum absolute atomic E-state index is 14.0. The second kappa shape index (κ2) is 14.0. The minimum absolute atomic E-state index is 0.0252. The van der Waals surface area contributed by atoms with E-state index in [1.165, 1.54) is 47.4 Å².